The molecule has 0 heterocycles. The van der Waals surface area contributed by atoms with Crippen LogP contribution in [-0.2, 0) is 0 Å². The van der Waals surface area contributed by atoms with Crippen molar-refractivity contribution in [1.82, 2.24) is 0 Å². The molecule has 0 amide bonds. The van der Waals surface area contributed by atoms with Crippen LogP contribution in [0.15, 0.2) is 42.5 Å². The van der Waals surface area contributed by atoms with Crippen LogP contribution in [0.2, 0.25) is 0 Å². The highest BCUT2D eigenvalue weighted by atomic mass is 16.5. The van der Waals surface area contributed by atoms with Gasteiger partial charge in [0.1, 0.15) is 11.5 Å². The lowest BCUT2D eigenvalue weighted by Gasteiger charge is -2.12. The maximum atomic E-state index is 5.40. The van der Waals surface area contributed by atoms with E-state index in [2.05, 4.69) is 13.0 Å². The van der Waals surface area contributed by atoms with Crippen LogP contribution in [-0.4, -0.2) is 14.2 Å². The molecule has 2 aromatic carbocycles. The standard InChI is InChI=1S/C15H16O2/c1-11-8-9-15(17-3)13(10-11)12-6-4-5-7-14(12)16-2/h4-10H,1-3H3. The molecule has 2 aromatic rings. The average Bonchev–Trinajstić information content (AvgIpc) is 2.38. The maximum absolute atomic E-state index is 5.40. The summed E-state index contributed by atoms with van der Waals surface area (Å²) in [5.41, 5.74) is 3.31. The third-order valence-corrected chi connectivity index (χ3v) is 2.75. The molecule has 0 aromatic heterocycles. The lowest BCUT2D eigenvalue weighted by atomic mass is 10.0. The molecule has 2 nitrogen and oxygen atoms in total. The van der Waals surface area contributed by atoms with Crippen molar-refractivity contribution in [2.45, 2.75) is 6.92 Å². The van der Waals surface area contributed by atoms with Gasteiger partial charge in [-0.2, -0.15) is 0 Å². The summed E-state index contributed by atoms with van der Waals surface area (Å²) in [5, 5.41) is 0. The van der Waals surface area contributed by atoms with Crippen molar-refractivity contribution in [2.24, 2.45) is 0 Å². The Morgan fingerprint density at radius 2 is 1.41 bits per heavy atom. The summed E-state index contributed by atoms with van der Waals surface area (Å²) in [6.45, 7) is 2.07. The molecule has 0 aliphatic carbocycles. The number of ether oxygens (including phenoxy) is 2. The van der Waals surface area contributed by atoms with E-state index in [1.165, 1.54) is 5.56 Å². The molecule has 2 rings (SSSR count). The topological polar surface area (TPSA) is 18.5 Å². The van der Waals surface area contributed by atoms with Crippen molar-refractivity contribution in [3.8, 4) is 22.6 Å². The van der Waals surface area contributed by atoms with E-state index >= 15 is 0 Å². The van der Waals surface area contributed by atoms with E-state index in [0.717, 1.165) is 22.6 Å². The predicted octanol–water partition coefficient (Wildman–Crippen LogP) is 3.68. The number of aryl methyl sites for hydroxylation is 1. The SMILES string of the molecule is COc1ccccc1-c1cc(C)ccc1OC. The van der Waals surface area contributed by atoms with Gasteiger partial charge in [-0.3, -0.25) is 0 Å². The van der Waals surface area contributed by atoms with E-state index in [1.807, 2.05) is 36.4 Å². The molecule has 0 saturated carbocycles. The van der Waals surface area contributed by atoms with Crippen molar-refractivity contribution >= 4 is 0 Å². The number of methoxy groups -OCH3 is 2. The van der Waals surface area contributed by atoms with Gasteiger partial charge < -0.3 is 9.47 Å². The second kappa shape index (κ2) is 4.91. The highest BCUT2D eigenvalue weighted by Gasteiger charge is 2.10. The molecule has 88 valence electrons. The van der Waals surface area contributed by atoms with Crippen molar-refractivity contribution < 1.29 is 9.47 Å². The van der Waals surface area contributed by atoms with Crippen LogP contribution in [0, 0.1) is 6.92 Å². The molecule has 0 aliphatic rings. The minimum absolute atomic E-state index is 0.858. The Balaban J connectivity index is 2.62. The Kier molecular flexibility index (Phi) is 3.33. The highest BCUT2D eigenvalue weighted by Crippen LogP contribution is 2.36. The minimum Gasteiger partial charge on any atom is -0.496 e. The van der Waals surface area contributed by atoms with Gasteiger partial charge in [-0.05, 0) is 25.1 Å². The fourth-order valence-corrected chi connectivity index (χ4v) is 1.90. The lowest BCUT2D eigenvalue weighted by Crippen LogP contribution is -1.92. The molecule has 0 unspecified atom stereocenters. The van der Waals surface area contributed by atoms with Crippen molar-refractivity contribution in [3.05, 3.63) is 48.0 Å². The summed E-state index contributed by atoms with van der Waals surface area (Å²) in [6, 6.07) is 14.1. The van der Waals surface area contributed by atoms with Crippen molar-refractivity contribution in [2.75, 3.05) is 14.2 Å². The number of hydrogen-bond acceptors (Lipinski definition) is 2. The Morgan fingerprint density at radius 1 is 0.765 bits per heavy atom. The molecule has 2 heteroatoms. The van der Waals surface area contributed by atoms with E-state index in [-0.39, 0.29) is 0 Å². The molecule has 0 spiro atoms. The van der Waals surface area contributed by atoms with E-state index in [4.69, 9.17) is 9.47 Å². The summed E-state index contributed by atoms with van der Waals surface area (Å²) in [4.78, 5) is 0. The maximum Gasteiger partial charge on any atom is 0.126 e. The lowest BCUT2D eigenvalue weighted by molar-refractivity contribution is 0.410. The predicted molar refractivity (Wildman–Crippen MR) is 69.7 cm³/mol. The highest BCUT2D eigenvalue weighted by molar-refractivity contribution is 5.76. The number of rotatable bonds is 3. The zero-order chi connectivity index (χ0) is 12.3. The van der Waals surface area contributed by atoms with Crippen LogP contribution in [0.25, 0.3) is 11.1 Å². The first kappa shape index (κ1) is 11.5. The Morgan fingerprint density at radius 3 is 2.12 bits per heavy atom. The smallest absolute Gasteiger partial charge is 0.126 e. The quantitative estimate of drug-likeness (QED) is 0.797. The van der Waals surface area contributed by atoms with Gasteiger partial charge in [0.05, 0.1) is 14.2 Å². The minimum atomic E-state index is 0.858. The van der Waals surface area contributed by atoms with Gasteiger partial charge >= 0.3 is 0 Å². The van der Waals surface area contributed by atoms with E-state index in [1.54, 1.807) is 14.2 Å². The average molecular weight is 228 g/mol. The first-order valence-electron chi connectivity index (χ1n) is 5.54. The molecular weight excluding hydrogens is 212 g/mol. The number of para-hydroxylation sites is 1. The fraction of sp³-hybridized carbons (Fsp3) is 0.200. The van der Waals surface area contributed by atoms with Gasteiger partial charge in [0.2, 0.25) is 0 Å². The summed E-state index contributed by atoms with van der Waals surface area (Å²) >= 11 is 0. The third kappa shape index (κ3) is 2.26. The zero-order valence-corrected chi connectivity index (χ0v) is 10.4. The van der Waals surface area contributed by atoms with Gasteiger partial charge in [0.15, 0.2) is 0 Å². The molecule has 0 fully saturated rings. The number of hydrogen-bond donors (Lipinski definition) is 0. The second-order valence-electron chi connectivity index (χ2n) is 3.90. The first-order valence-corrected chi connectivity index (χ1v) is 5.54. The molecule has 0 bridgehead atoms. The van der Waals surface area contributed by atoms with Gasteiger partial charge in [-0.15, -0.1) is 0 Å². The van der Waals surface area contributed by atoms with Gasteiger partial charge in [0, 0.05) is 11.1 Å². The molecule has 0 atom stereocenters. The van der Waals surface area contributed by atoms with Gasteiger partial charge in [-0.25, -0.2) is 0 Å². The fourth-order valence-electron chi connectivity index (χ4n) is 1.90. The van der Waals surface area contributed by atoms with E-state index < -0.39 is 0 Å². The molecule has 17 heavy (non-hydrogen) atoms. The van der Waals surface area contributed by atoms with Crippen LogP contribution in [0.3, 0.4) is 0 Å². The second-order valence-corrected chi connectivity index (χ2v) is 3.90. The van der Waals surface area contributed by atoms with Crippen LogP contribution in [0.5, 0.6) is 11.5 Å². The zero-order valence-electron chi connectivity index (χ0n) is 10.4. The van der Waals surface area contributed by atoms with E-state index in [0.29, 0.717) is 0 Å². The van der Waals surface area contributed by atoms with Crippen LogP contribution >= 0.6 is 0 Å². The molecule has 0 aliphatic heterocycles. The Labute approximate surface area is 102 Å². The van der Waals surface area contributed by atoms with Crippen LogP contribution in [0.4, 0.5) is 0 Å². The third-order valence-electron chi connectivity index (χ3n) is 2.75. The van der Waals surface area contributed by atoms with Crippen LogP contribution < -0.4 is 9.47 Å². The summed E-state index contributed by atoms with van der Waals surface area (Å²) in [7, 11) is 3.37. The first-order chi connectivity index (χ1) is 8.26. The summed E-state index contributed by atoms with van der Waals surface area (Å²) in [5.74, 6) is 1.72. The Hall–Kier alpha value is -1.96. The summed E-state index contributed by atoms with van der Waals surface area (Å²) < 4.78 is 10.8. The van der Waals surface area contributed by atoms with Crippen molar-refractivity contribution in [3.63, 3.8) is 0 Å². The van der Waals surface area contributed by atoms with Crippen LogP contribution in [0.1, 0.15) is 5.56 Å². The normalized spacial score (nSPS) is 10.1. The molecular formula is C15H16O2. The van der Waals surface area contributed by atoms with Gasteiger partial charge in [0.25, 0.3) is 0 Å². The van der Waals surface area contributed by atoms with Gasteiger partial charge in [-0.1, -0.05) is 29.8 Å². The molecule has 0 saturated heterocycles. The largest absolute Gasteiger partial charge is 0.496 e. The molecule has 0 radical (unpaired) electrons. The number of benzene rings is 2. The van der Waals surface area contributed by atoms with Crippen molar-refractivity contribution in [1.29, 1.82) is 0 Å². The molecule has 0 N–H and O–H groups in total. The Bertz CT molecular complexity index is 518. The van der Waals surface area contributed by atoms with E-state index in [9.17, 15) is 0 Å². The monoisotopic (exact) mass is 228 g/mol. The summed E-state index contributed by atoms with van der Waals surface area (Å²) in [6.07, 6.45) is 0.